The second kappa shape index (κ2) is 4.96. The minimum absolute atomic E-state index is 0.119. The van der Waals surface area contributed by atoms with Crippen LogP contribution in [0, 0.1) is 3.57 Å². The van der Waals surface area contributed by atoms with E-state index in [1.807, 2.05) is 0 Å². The summed E-state index contributed by atoms with van der Waals surface area (Å²) in [7, 11) is 2.09. The highest BCUT2D eigenvalue weighted by atomic mass is 127. The lowest BCUT2D eigenvalue weighted by Crippen LogP contribution is -2.05. The molecule has 0 N–H and O–H groups in total. The molecule has 1 aromatic heterocycles. The first-order valence-corrected chi connectivity index (χ1v) is 7.13. The van der Waals surface area contributed by atoms with Gasteiger partial charge in [0.05, 0.1) is 10.7 Å². The Kier molecular flexibility index (Phi) is 4.29. The van der Waals surface area contributed by atoms with Crippen LogP contribution >= 0.6 is 33.3 Å². The number of halogens is 4. The Labute approximate surface area is 109 Å². The van der Waals surface area contributed by atoms with Crippen molar-refractivity contribution in [1.29, 1.82) is 0 Å². The van der Waals surface area contributed by atoms with Crippen molar-refractivity contribution in [2.75, 3.05) is 7.11 Å². The van der Waals surface area contributed by atoms with E-state index in [0.717, 1.165) is 6.07 Å². The molecule has 0 bridgehead atoms. The second-order valence-corrected chi connectivity index (χ2v) is 6.24. The molecule has 0 atom stereocenters. The standard InChI is InChI=1S/C7H5ClF2INO3S/c1-15-4-2-3(11)7(16(8,13)14)12-5(4)6(9)10/h2,6H,1H3. The highest BCUT2D eigenvalue weighted by molar-refractivity contribution is 14.1. The molecule has 0 spiro atoms. The summed E-state index contributed by atoms with van der Waals surface area (Å²) in [5, 5.41) is -0.592. The summed E-state index contributed by atoms with van der Waals surface area (Å²) in [5.41, 5.74) is -0.748. The van der Waals surface area contributed by atoms with E-state index in [1.54, 1.807) is 22.6 Å². The molecule has 0 aliphatic heterocycles. The van der Waals surface area contributed by atoms with Crippen LogP contribution in [0.15, 0.2) is 11.1 Å². The zero-order valence-electron chi connectivity index (χ0n) is 7.75. The second-order valence-electron chi connectivity index (χ2n) is 2.60. The Morgan fingerprint density at radius 2 is 2.12 bits per heavy atom. The summed E-state index contributed by atoms with van der Waals surface area (Å²) in [6.07, 6.45) is -2.94. The fraction of sp³-hybridized carbons (Fsp3) is 0.286. The van der Waals surface area contributed by atoms with Gasteiger partial charge < -0.3 is 4.74 Å². The molecule has 0 aliphatic rings. The van der Waals surface area contributed by atoms with Gasteiger partial charge in [0.15, 0.2) is 5.03 Å². The molecule has 1 rings (SSSR count). The van der Waals surface area contributed by atoms with E-state index in [4.69, 9.17) is 10.7 Å². The van der Waals surface area contributed by atoms with E-state index >= 15 is 0 Å². The van der Waals surface area contributed by atoms with Crippen molar-refractivity contribution in [3.8, 4) is 5.75 Å². The van der Waals surface area contributed by atoms with Gasteiger partial charge in [-0.1, -0.05) is 0 Å². The van der Waals surface area contributed by atoms with Gasteiger partial charge in [0.1, 0.15) is 11.4 Å². The first kappa shape index (κ1) is 13.8. The van der Waals surface area contributed by atoms with Crippen LogP contribution in [0.4, 0.5) is 8.78 Å². The fourth-order valence-corrected chi connectivity index (χ4v) is 3.48. The van der Waals surface area contributed by atoms with Gasteiger partial charge in [0.25, 0.3) is 15.5 Å². The molecular formula is C7H5ClF2INO3S. The topological polar surface area (TPSA) is 56.3 Å². The third-order valence-electron chi connectivity index (χ3n) is 1.59. The van der Waals surface area contributed by atoms with E-state index in [-0.39, 0.29) is 9.32 Å². The molecule has 0 aliphatic carbocycles. The van der Waals surface area contributed by atoms with Gasteiger partial charge in [-0.3, -0.25) is 0 Å². The zero-order chi connectivity index (χ0) is 12.5. The van der Waals surface area contributed by atoms with E-state index in [1.165, 1.54) is 7.11 Å². The Balaban J connectivity index is 3.52. The molecule has 1 aromatic rings. The van der Waals surface area contributed by atoms with Crippen molar-refractivity contribution in [2.45, 2.75) is 11.5 Å². The summed E-state index contributed by atoms with van der Waals surface area (Å²) in [6.45, 7) is 0. The van der Waals surface area contributed by atoms with Crippen LogP contribution in [0.1, 0.15) is 12.1 Å². The SMILES string of the molecule is COc1cc(I)c(S(=O)(=O)Cl)nc1C(F)F. The number of aromatic nitrogens is 1. The van der Waals surface area contributed by atoms with Crippen molar-refractivity contribution in [3.05, 3.63) is 15.3 Å². The molecule has 0 fully saturated rings. The van der Waals surface area contributed by atoms with Crippen molar-refractivity contribution in [3.63, 3.8) is 0 Å². The Hall–Kier alpha value is -0.220. The fourth-order valence-electron chi connectivity index (χ4n) is 0.959. The number of hydrogen-bond acceptors (Lipinski definition) is 4. The van der Waals surface area contributed by atoms with E-state index in [0.29, 0.717) is 0 Å². The third-order valence-corrected chi connectivity index (χ3v) is 3.99. The van der Waals surface area contributed by atoms with Gasteiger partial charge in [-0.25, -0.2) is 22.2 Å². The lowest BCUT2D eigenvalue weighted by molar-refractivity contribution is 0.140. The molecule has 0 amide bonds. The molecule has 16 heavy (non-hydrogen) atoms. The minimum atomic E-state index is -4.15. The number of rotatable bonds is 3. The highest BCUT2D eigenvalue weighted by Crippen LogP contribution is 2.32. The van der Waals surface area contributed by atoms with E-state index in [2.05, 4.69) is 9.72 Å². The predicted octanol–water partition coefficient (Wildman–Crippen LogP) is 2.56. The van der Waals surface area contributed by atoms with E-state index in [9.17, 15) is 17.2 Å². The number of pyridine rings is 1. The van der Waals surface area contributed by atoms with Gasteiger partial charge >= 0.3 is 0 Å². The summed E-state index contributed by atoms with van der Waals surface area (Å²) < 4.78 is 51.9. The molecule has 0 saturated carbocycles. The lowest BCUT2D eigenvalue weighted by Gasteiger charge is -2.09. The van der Waals surface area contributed by atoms with E-state index < -0.39 is 26.2 Å². The molecule has 9 heteroatoms. The first-order chi connectivity index (χ1) is 7.27. The molecule has 0 unspecified atom stereocenters. The van der Waals surface area contributed by atoms with Crippen LogP contribution in [0.5, 0.6) is 5.75 Å². The number of alkyl halides is 2. The Morgan fingerprint density at radius 3 is 2.50 bits per heavy atom. The molecule has 1 heterocycles. The molecule has 90 valence electrons. The normalized spacial score (nSPS) is 11.9. The van der Waals surface area contributed by atoms with Crippen molar-refractivity contribution in [1.82, 2.24) is 4.98 Å². The maximum Gasteiger partial charge on any atom is 0.284 e. The predicted molar refractivity (Wildman–Crippen MR) is 61.5 cm³/mol. The minimum Gasteiger partial charge on any atom is -0.495 e. The zero-order valence-corrected chi connectivity index (χ0v) is 11.5. The molecular weight excluding hydrogens is 379 g/mol. The van der Waals surface area contributed by atoms with Crippen LogP contribution < -0.4 is 4.74 Å². The maximum absolute atomic E-state index is 12.5. The largest absolute Gasteiger partial charge is 0.495 e. The summed E-state index contributed by atoms with van der Waals surface area (Å²) in [6, 6.07) is 1.14. The molecule has 0 radical (unpaired) electrons. The number of hydrogen-bond donors (Lipinski definition) is 0. The first-order valence-electron chi connectivity index (χ1n) is 3.74. The van der Waals surface area contributed by atoms with Crippen LogP contribution in [0.2, 0.25) is 0 Å². The van der Waals surface area contributed by atoms with Crippen LogP contribution in [-0.4, -0.2) is 20.5 Å². The van der Waals surface area contributed by atoms with Gasteiger partial charge in [-0.2, -0.15) is 0 Å². The number of methoxy groups -OCH3 is 1. The third kappa shape index (κ3) is 2.92. The van der Waals surface area contributed by atoms with Crippen LogP contribution in [0.25, 0.3) is 0 Å². The van der Waals surface area contributed by atoms with Crippen molar-refractivity contribution in [2.24, 2.45) is 0 Å². The quantitative estimate of drug-likeness (QED) is 0.595. The smallest absolute Gasteiger partial charge is 0.284 e. The van der Waals surface area contributed by atoms with Gasteiger partial charge in [0, 0.05) is 10.7 Å². The van der Waals surface area contributed by atoms with Gasteiger partial charge in [-0.05, 0) is 28.7 Å². The monoisotopic (exact) mass is 383 g/mol. The summed E-state index contributed by atoms with van der Waals surface area (Å²) in [4.78, 5) is 3.31. The lowest BCUT2D eigenvalue weighted by atomic mass is 10.3. The Morgan fingerprint density at radius 1 is 1.56 bits per heavy atom. The summed E-state index contributed by atoms with van der Waals surface area (Å²) in [5.74, 6) is -0.177. The molecule has 0 aromatic carbocycles. The molecule has 0 saturated heterocycles. The highest BCUT2D eigenvalue weighted by Gasteiger charge is 2.24. The van der Waals surface area contributed by atoms with Crippen molar-refractivity contribution < 1.29 is 21.9 Å². The number of nitrogens with zero attached hydrogens (tertiary/aromatic N) is 1. The van der Waals surface area contributed by atoms with Gasteiger partial charge in [-0.15, -0.1) is 0 Å². The average molecular weight is 384 g/mol. The maximum atomic E-state index is 12.5. The Bertz CT molecular complexity index is 509. The molecule has 4 nitrogen and oxygen atoms in total. The van der Waals surface area contributed by atoms with Crippen molar-refractivity contribution >= 4 is 42.3 Å². The number of ether oxygens (including phenoxy) is 1. The average Bonchev–Trinajstić information content (AvgIpc) is 2.14. The van der Waals surface area contributed by atoms with Gasteiger partial charge in [0.2, 0.25) is 0 Å². The summed E-state index contributed by atoms with van der Waals surface area (Å²) >= 11 is 1.62. The van der Waals surface area contributed by atoms with Crippen LogP contribution in [-0.2, 0) is 9.05 Å². The van der Waals surface area contributed by atoms with Crippen LogP contribution in [0.3, 0.4) is 0 Å².